The molecule has 2 rings (SSSR count). The molecule has 2 aliphatic carbocycles. The van der Waals surface area contributed by atoms with Gasteiger partial charge in [-0.05, 0) is 36.3 Å². The van der Waals surface area contributed by atoms with E-state index in [-0.39, 0.29) is 30.0 Å². The van der Waals surface area contributed by atoms with E-state index in [0.717, 1.165) is 17.6 Å². The number of hydrogen-bond donors (Lipinski definition) is 1. The van der Waals surface area contributed by atoms with E-state index in [9.17, 15) is 14.7 Å². The summed E-state index contributed by atoms with van der Waals surface area (Å²) >= 11 is 0. The van der Waals surface area contributed by atoms with Gasteiger partial charge < -0.3 is 5.11 Å². The second-order valence-corrected chi connectivity index (χ2v) is 5.83. The zero-order valence-electron chi connectivity index (χ0n) is 10.7. The molecule has 3 nitrogen and oxygen atoms in total. The number of aliphatic hydroxyl groups is 1. The zero-order valence-corrected chi connectivity index (χ0v) is 10.7. The van der Waals surface area contributed by atoms with Crippen LogP contribution >= 0.6 is 0 Å². The Bertz CT molecular complexity index is 404. The molecule has 0 amide bonds. The highest BCUT2D eigenvalue weighted by Crippen LogP contribution is 2.49. The van der Waals surface area contributed by atoms with Gasteiger partial charge in [-0.3, -0.25) is 9.59 Å². The van der Waals surface area contributed by atoms with E-state index in [1.807, 2.05) is 13.8 Å². The van der Waals surface area contributed by atoms with E-state index < -0.39 is 5.41 Å². The number of rotatable bonds is 1. The van der Waals surface area contributed by atoms with Gasteiger partial charge in [-0.25, -0.2) is 0 Å². The number of aliphatic hydroxyl groups excluding tert-OH is 1. The smallest absolute Gasteiger partial charge is 0.158 e. The quantitative estimate of drug-likeness (QED) is 0.756. The number of fused-ring (bicyclic) bond motifs is 1. The Hall–Kier alpha value is -0.960. The molecule has 2 aliphatic rings. The molecule has 3 heteroatoms. The lowest BCUT2D eigenvalue weighted by Gasteiger charge is -2.46. The highest BCUT2D eigenvalue weighted by Gasteiger charge is 2.48. The van der Waals surface area contributed by atoms with Gasteiger partial charge in [0.05, 0.1) is 6.61 Å². The third-order valence-electron chi connectivity index (χ3n) is 4.74. The topological polar surface area (TPSA) is 54.4 Å². The summed E-state index contributed by atoms with van der Waals surface area (Å²) in [5, 5.41) is 9.46. The molecule has 1 saturated carbocycles. The third kappa shape index (κ3) is 1.77. The molecule has 17 heavy (non-hydrogen) atoms. The normalized spacial score (nSPS) is 32.7. The average molecular weight is 236 g/mol. The molecular weight excluding hydrogens is 216 g/mol. The van der Waals surface area contributed by atoms with E-state index in [1.54, 1.807) is 6.92 Å². The van der Waals surface area contributed by atoms with Crippen molar-refractivity contribution in [3.63, 3.8) is 0 Å². The van der Waals surface area contributed by atoms with Gasteiger partial charge in [0.1, 0.15) is 5.78 Å². The fourth-order valence-corrected chi connectivity index (χ4v) is 3.38. The predicted molar refractivity (Wildman–Crippen MR) is 64.4 cm³/mol. The summed E-state index contributed by atoms with van der Waals surface area (Å²) in [5.41, 5.74) is 1.16. The second kappa shape index (κ2) is 4.05. The van der Waals surface area contributed by atoms with Crippen LogP contribution in [0.1, 0.15) is 40.0 Å². The number of hydrogen-bond acceptors (Lipinski definition) is 3. The van der Waals surface area contributed by atoms with Gasteiger partial charge in [-0.15, -0.1) is 0 Å². The van der Waals surface area contributed by atoms with Crippen molar-refractivity contribution in [2.24, 2.45) is 17.3 Å². The first-order valence-corrected chi connectivity index (χ1v) is 6.26. The molecule has 0 saturated heterocycles. The van der Waals surface area contributed by atoms with Gasteiger partial charge in [0.2, 0.25) is 0 Å². The lowest BCUT2D eigenvalue weighted by atomic mass is 9.57. The van der Waals surface area contributed by atoms with Crippen LogP contribution in [0.15, 0.2) is 11.1 Å². The summed E-state index contributed by atoms with van der Waals surface area (Å²) in [6.07, 6.45) is 1.81. The molecule has 0 aromatic heterocycles. The van der Waals surface area contributed by atoms with Crippen LogP contribution in [0.3, 0.4) is 0 Å². The van der Waals surface area contributed by atoms with Crippen LogP contribution in [0.4, 0.5) is 0 Å². The molecule has 0 aliphatic heterocycles. The fraction of sp³-hybridized carbons (Fsp3) is 0.714. The van der Waals surface area contributed by atoms with Gasteiger partial charge in [-0.1, -0.05) is 13.8 Å². The summed E-state index contributed by atoms with van der Waals surface area (Å²) in [6, 6.07) is 0. The van der Waals surface area contributed by atoms with E-state index in [4.69, 9.17) is 0 Å². The lowest BCUT2D eigenvalue weighted by molar-refractivity contribution is -0.136. The molecule has 0 aromatic rings. The lowest BCUT2D eigenvalue weighted by Crippen LogP contribution is -2.46. The van der Waals surface area contributed by atoms with Crippen LogP contribution in [0, 0.1) is 17.3 Å². The second-order valence-electron chi connectivity index (χ2n) is 5.83. The van der Waals surface area contributed by atoms with Crippen molar-refractivity contribution in [2.75, 3.05) is 6.61 Å². The Kier molecular flexibility index (Phi) is 2.98. The Labute approximate surface area is 102 Å². The SMILES string of the molecule is CC1=C(CO)C2CCC(=O)C(C)(C)C2CC1=O. The summed E-state index contributed by atoms with van der Waals surface area (Å²) in [7, 11) is 0. The molecule has 0 spiro atoms. The van der Waals surface area contributed by atoms with E-state index in [2.05, 4.69) is 0 Å². The van der Waals surface area contributed by atoms with E-state index >= 15 is 0 Å². The molecule has 94 valence electrons. The maximum absolute atomic E-state index is 12.0. The Morgan fingerprint density at radius 3 is 2.59 bits per heavy atom. The zero-order chi connectivity index (χ0) is 12.8. The van der Waals surface area contributed by atoms with Crippen molar-refractivity contribution in [2.45, 2.75) is 40.0 Å². The largest absolute Gasteiger partial charge is 0.392 e. The monoisotopic (exact) mass is 236 g/mol. The molecule has 1 N–H and O–H groups in total. The fourth-order valence-electron chi connectivity index (χ4n) is 3.38. The molecule has 0 aromatic carbocycles. The summed E-state index contributed by atoms with van der Waals surface area (Å²) in [4.78, 5) is 23.9. The van der Waals surface area contributed by atoms with Crippen molar-refractivity contribution < 1.29 is 14.7 Å². The molecule has 0 bridgehead atoms. The molecule has 2 atom stereocenters. The van der Waals surface area contributed by atoms with Gasteiger partial charge in [0, 0.05) is 18.3 Å². The van der Waals surface area contributed by atoms with Crippen LogP contribution in [0.5, 0.6) is 0 Å². The van der Waals surface area contributed by atoms with Crippen molar-refractivity contribution in [3.8, 4) is 0 Å². The average Bonchev–Trinajstić information content (AvgIpc) is 2.27. The van der Waals surface area contributed by atoms with E-state index in [1.165, 1.54) is 0 Å². The van der Waals surface area contributed by atoms with Crippen molar-refractivity contribution in [3.05, 3.63) is 11.1 Å². The predicted octanol–water partition coefficient (Wildman–Crippen LogP) is 1.89. The first-order chi connectivity index (χ1) is 7.89. The van der Waals surface area contributed by atoms with Crippen molar-refractivity contribution in [1.82, 2.24) is 0 Å². The maximum atomic E-state index is 12.0. The number of Topliss-reactive ketones (excluding diaryl/α,β-unsaturated/α-hetero) is 2. The highest BCUT2D eigenvalue weighted by molar-refractivity contribution is 5.98. The molecule has 2 unspecified atom stereocenters. The van der Waals surface area contributed by atoms with Crippen LogP contribution in [-0.2, 0) is 9.59 Å². The summed E-state index contributed by atoms with van der Waals surface area (Å²) < 4.78 is 0. The first kappa shape index (κ1) is 12.5. The minimum absolute atomic E-state index is 0.0526. The van der Waals surface area contributed by atoms with Crippen molar-refractivity contribution in [1.29, 1.82) is 0 Å². The Morgan fingerprint density at radius 2 is 2.00 bits per heavy atom. The minimum atomic E-state index is -0.431. The number of carbonyl (C=O) groups excluding carboxylic acids is 2. The van der Waals surface area contributed by atoms with Crippen LogP contribution < -0.4 is 0 Å². The Morgan fingerprint density at radius 1 is 1.35 bits per heavy atom. The van der Waals surface area contributed by atoms with E-state index in [0.29, 0.717) is 12.8 Å². The standard InChI is InChI=1S/C14H20O3/c1-8-10(7-15)9-4-5-13(17)14(2,3)11(9)6-12(8)16/h9,11,15H,4-7H2,1-3H3. The number of allylic oxidation sites excluding steroid dienone is 1. The molecule has 1 fully saturated rings. The van der Waals surface area contributed by atoms with Crippen LogP contribution in [0.25, 0.3) is 0 Å². The van der Waals surface area contributed by atoms with Gasteiger partial charge in [-0.2, -0.15) is 0 Å². The maximum Gasteiger partial charge on any atom is 0.158 e. The Balaban J connectivity index is 2.44. The molecule has 0 radical (unpaired) electrons. The number of ketones is 2. The molecular formula is C14H20O3. The van der Waals surface area contributed by atoms with Gasteiger partial charge in [0.15, 0.2) is 5.78 Å². The minimum Gasteiger partial charge on any atom is -0.392 e. The van der Waals surface area contributed by atoms with Gasteiger partial charge >= 0.3 is 0 Å². The van der Waals surface area contributed by atoms with Crippen LogP contribution in [-0.4, -0.2) is 23.3 Å². The summed E-state index contributed by atoms with van der Waals surface area (Å²) in [5.74, 6) is 0.633. The number of carbonyl (C=O) groups is 2. The van der Waals surface area contributed by atoms with Crippen LogP contribution in [0.2, 0.25) is 0 Å². The highest BCUT2D eigenvalue weighted by atomic mass is 16.3. The van der Waals surface area contributed by atoms with Crippen molar-refractivity contribution >= 4 is 11.6 Å². The summed E-state index contributed by atoms with van der Waals surface area (Å²) in [6.45, 7) is 5.63. The third-order valence-corrected chi connectivity index (χ3v) is 4.74. The molecule has 0 heterocycles. The first-order valence-electron chi connectivity index (χ1n) is 6.26. The van der Waals surface area contributed by atoms with Gasteiger partial charge in [0.25, 0.3) is 0 Å².